The van der Waals surface area contributed by atoms with Crippen LogP contribution < -0.4 is 22.5 Å². The Kier molecular flexibility index (Phi) is 13.4. The fourth-order valence-corrected chi connectivity index (χ4v) is 2.46. The topological polar surface area (TPSA) is 120 Å². The Hall–Kier alpha value is -2.43. The Morgan fingerprint density at radius 2 is 1.70 bits per heavy atom. The van der Waals surface area contributed by atoms with Gasteiger partial charge in [-0.15, -0.1) is 0 Å². The summed E-state index contributed by atoms with van der Waals surface area (Å²) in [6.07, 6.45) is 2.51. The number of nitrogens with zero attached hydrogens (tertiary/aromatic N) is 1. The quantitative estimate of drug-likeness (QED) is 0.550. The van der Waals surface area contributed by atoms with Gasteiger partial charge in [0.1, 0.15) is 0 Å². The summed E-state index contributed by atoms with van der Waals surface area (Å²) in [5.74, 6) is 6.02. The average Bonchev–Trinajstić information content (AvgIpc) is 3.17. The third-order valence-corrected chi connectivity index (χ3v) is 3.60. The van der Waals surface area contributed by atoms with Crippen molar-refractivity contribution < 1.29 is 4.79 Å². The van der Waals surface area contributed by atoms with Crippen LogP contribution in [0.25, 0.3) is 0 Å². The summed E-state index contributed by atoms with van der Waals surface area (Å²) < 4.78 is 0. The molecule has 2 heterocycles. The molecule has 1 fully saturated rings. The van der Waals surface area contributed by atoms with Crippen LogP contribution in [0, 0.1) is 11.8 Å². The van der Waals surface area contributed by atoms with Gasteiger partial charge in [-0.25, -0.2) is 0 Å². The molecule has 1 amide bonds. The standard InChI is InChI=1S/C17H13ClN2O.3CH5N/c18-14-3-1-2-12(10-14)4-5-13-6-7-16(20-11-13)15-8-9-19-17(15)21;3*1-2/h1-3,6-7,10-11,15H,8-9H2,(H,19,21);3*2H2,1H3. The summed E-state index contributed by atoms with van der Waals surface area (Å²) in [5.41, 5.74) is 16.0. The molecule has 0 radical (unpaired) electrons. The highest BCUT2D eigenvalue weighted by Gasteiger charge is 2.26. The molecule has 2 aromatic rings. The van der Waals surface area contributed by atoms with Gasteiger partial charge in [-0.3, -0.25) is 9.78 Å². The molecule has 1 atom stereocenters. The third-order valence-electron chi connectivity index (χ3n) is 3.37. The lowest BCUT2D eigenvalue weighted by atomic mass is 10.0. The van der Waals surface area contributed by atoms with Crippen LogP contribution in [-0.2, 0) is 4.79 Å². The molecule has 1 aliphatic heterocycles. The summed E-state index contributed by atoms with van der Waals surface area (Å²) in [4.78, 5) is 16.0. The van der Waals surface area contributed by atoms with Crippen LogP contribution in [0.1, 0.15) is 29.2 Å². The number of aromatic nitrogens is 1. The number of benzene rings is 1. The van der Waals surface area contributed by atoms with Crippen molar-refractivity contribution in [2.75, 3.05) is 27.7 Å². The lowest BCUT2D eigenvalue weighted by molar-refractivity contribution is -0.120. The van der Waals surface area contributed by atoms with E-state index in [0.717, 1.165) is 29.8 Å². The van der Waals surface area contributed by atoms with Gasteiger partial charge in [0.2, 0.25) is 5.91 Å². The Morgan fingerprint density at radius 1 is 1.04 bits per heavy atom. The number of carbonyl (C=O) groups excluding carboxylic acids is 1. The largest absolute Gasteiger partial charge is 0.355 e. The van der Waals surface area contributed by atoms with Gasteiger partial charge in [-0.05, 0) is 57.9 Å². The van der Waals surface area contributed by atoms with Crippen molar-refractivity contribution in [3.8, 4) is 11.8 Å². The first-order valence-corrected chi connectivity index (χ1v) is 8.84. The molecular formula is C20H28ClN5O. The van der Waals surface area contributed by atoms with Crippen LogP contribution in [-0.4, -0.2) is 38.6 Å². The summed E-state index contributed by atoms with van der Waals surface area (Å²) in [6, 6.07) is 11.2. The molecule has 1 aromatic heterocycles. The number of hydrogen-bond acceptors (Lipinski definition) is 5. The van der Waals surface area contributed by atoms with Gasteiger partial charge < -0.3 is 22.5 Å². The first kappa shape index (κ1) is 24.6. The van der Waals surface area contributed by atoms with Crippen molar-refractivity contribution in [1.29, 1.82) is 0 Å². The molecule has 27 heavy (non-hydrogen) atoms. The first-order chi connectivity index (χ1) is 13.2. The maximum absolute atomic E-state index is 11.6. The van der Waals surface area contributed by atoms with Crippen molar-refractivity contribution >= 4 is 17.5 Å². The minimum Gasteiger partial charge on any atom is -0.355 e. The van der Waals surface area contributed by atoms with E-state index in [1.54, 1.807) is 6.20 Å². The lowest BCUT2D eigenvalue weighted by Gasteiger charge is -2.05. The molecule has 7 heteroatoms. The maximum Gasteiger partial charge on any atom is 0.229 e. The highest BCUT2D eigenvalue weighted by molar-refractivity contribution is 6.30. The molecule has 0 aliphatic carbocycles. The molecule has 146 valence electrons. The molecule has 1 aromatic carbocycles. The molecular weight excluding hydrogens is 362 g/mol. The van der Waals surface area contributed by atoms with E-state index in [1.165, 1.54) is 21.1 Å². The summed E-state index contributed by atoms with van der Waals surface area (Å²) in [6.45, 7) is 0.724. The summed E-state index contributed by atoms with van der Waals surface area (Å²) in [7, 11) is 4.50. The Morgan fingerprint density at radius 3 is 2.22 bits per heavy atom. The average molecular weight is 390 g/mol. The van der Waals surface area contributed by atoms with E-state index in [2.05, 4.69) is 39.3 Å². The van der Waals surface area contributed by atoms with E-state index >= 15 is 0 Å². The second kappa shape index (κ2) is 14.7. The number of amides is 1. The van der Waals surface area contributed by atoms with E-state index in [1.807, 2.05) is 36.4 Å². The number of nitrogens with two attached hydrogens (primary N) is 3. The number of rotatable bonds is 1. The molecule has 1 aliphatic rings. The molecule has 0 spiro atoms. The fraction of sp³-hybridized carbons (Fsp3) is 0.300. The number of pyridine rings is 1. The highest BCUT2D eigenvalue weighted by atomic mass is 35.5. The van der Waals surface area contributed by atoms with Gasteiger partial charge >= 0.3 is 0 Å². The van der Waals surface area contributed by atoms with E-state index < -0.39 is 0 Å². The van der Waals surface area contributed by atoms with Gasteiger partial charge in [-0.2, -0.15) is 0 Å². The van der Waals surface area contributed by atoms with Crippen molar-refractivity contribution in [3.05, 3.63) is 64.4 Å². The molecule has 1 saturated heterocycles. The second-order valence-electron chi connectivity index (χ2n) is 4.86. The zero-order chi connectivity index (χ0) is 20.7. The van der Waals surface area contributed by atoms with Crippen molar-refractivity contribution in [3.63, 3.8) is 0 Å². The third kappa shape index (κ3) is 8.20. The van der Waals surface area contributed by atoms with E-state index in [9.17, 15) is 4.79 Å². The lowest BCUT2D eigenvalue weighted by Crippen LogP contribution is -2.18. The zero-order valence-corrected chi connectivity index (χ0v) is 16.8. The number of halogens is 1. The first-order valence-electron chi connectivity index (χ1n) is 8.47. The van der Waals surface area contributed by atoms with E-state index in [-0.39, 0.29) is 11.8 Å². The molecule has 0 saturated carbocycles. The van der Waals surface area contributed by atoms with Crippen molar-refractivity contribution in [2.24, 2.45) is 17.2 Å². The normalized spacial score (nSPS) is 13.9. The molecule has 1 unspecified atom stereocenters. The molecule has 7 N–H and O–H groups in total. The van der Waals surface area contributed by atoms with Crippen LogP contribution in [0.2, 0.25) is 5.02 Å². The minimum atomic E-state index is -0.125. The predicted octanol–water partition coefficient (Wildman–Crippen LogP) is 1.46. The smallest absolute Gasteiger partial charge is 0.229 e. The monoisotopic (exact) mass is 389 g/mol. The number of nitrogens with one attached hydrogen (secondary N) is 1. The Bertz CT molecular complexity index is 738. The molecule has 3 rings (SSSR count). The van der Waals surface area contributed by atoms with Crippen LogP contribution in [0.3, 0.4) is 0 Å². The van der Waals surface area contributed by atoms with Crippen LogP contribution >= 0.6 is 11.6 Å². The van der Waals surface area contributed by atoms with Crippen LogP contribution in [0.5, 0.6) is 0 Å². The number of carbonyl (C=O) groups is 1. The van der Waals surface area contributed by atoms with Gasteiger partial charge in [0, 0.05) is 28.9 Å². The summed E-state index contributed by atoms with van der Waals surface area (Å²) in [5, 5.41) is 3.48. The molecule has 0 bridgehead atoms. The maximum atomic E-state index is 11.6. The van der Waals surface area contributed by atoms with Gasteiger partial charge in [-0.1, -0.05) is 29.5 Å². The van der Waals surface area contributed by atoms with Crippen LogP contribution in [0.4, 0.5) is 0 Å². The van der Waals surface area contributed by atoms with Crippen LogP contribution in [0.15, 0.2) is 42.6 Å². The fourth-order valence-electron chi connectivity index (χ4n) is 2.27. The predicted molar refractivity (Wildman–Crippen MR) is 112 cm³/mol. The summed E-state index contributed by atoms with van der Waals surface area (Å²) >= 11 is 5.92. The minimum absolute atomic E-state index is 0.0558. The van der Waals surface area contributed by atoms with Gasteiger partial charge in [0.15, 0.2) is 0 Å². The Labute approximate surface area is 166 Å². The second-order valence-corrected chi connectivity index (χ2v) is 5.30. The highest BCUT2D eigenvalue weighted by Crippen LogP contribution is 2.21. The number of hydrogen-bond donors (Lipinski definition) is 4. The van der Waals surface area contributed by atoms with Crippen molar-refractivity contribution in [1.82, 2.24) is 10.3 Å². The Balaban J connectivity index is 0.00000103. The van der Waals surface area contributed by atoms with E-state index in [0.29, 0.717) is 5.02 Å². The molecule has 6 nitrogen and oxygen atoms in total. The van der Waals surface area contributed by atoms with Gasteiger partial charge in [0.05, 0.1) is 11.6 Å². The van der Waals surface area contributed by atoms with E-state index in [4.69, 9.17) is 11.6 Å². The zero-order valence-electron chi connectivity index (χ0n) is 16.0. The SMILES string of the molecule is CN.CN.CN.O=C1NCCC1c1ccc(C#Cc2cccc(Cl)c2)cn1. The van der Waals surface area contributed by atoms with Gasteiger partial charge in [0.25, 0.3) is 0 Å². The van der Waals surface area contributed by atoms with Crippen molar-refractivity contribution in [2.45, 2.75) is 12.3 Å².